The third-order valence-electron chi connectivity index (χ3n) is 3.73. The fraction of sp³-hybridized carbons (Fsp3) is 0.0588. The highest BCUT2D eigenvalue weighted by Crippen LogP contribution is 2.34. The molecule has 0 fully saturated rings. The van der Waals surface area contributed by atoms with E-state index in [1.54, 1.807) is 6.33 Å². The van der Waals surface area contributed by atoms with Gasteiger partial charge in [0.2, 0.25) is 0 Å². The van der Waals surface area contributed by atoms with E-state index in [9.17, 15) is 0 Å². The number of anilines is 1. The second-order valence-electron chi connectivity index (χ2n) is 5.23. The summed E-state index contributed by atoms with van der Waals surface area (Å²) in [5.41, 5.74) is 3.90. The number of nitrogens with zero attached hydrogens (tertiary/aromatic N) is 2. The Labute approximate surface area is 137 Å². The molecule has 2 aromatic heterocycles. The van der Waals surface area contributed by atoms with Crippen molar-refractivity contribution in [1.82, 2.24) is 20.2 Å². The Hall–Kier alpha value is -2.79. The molecular weight excluding hydrogens is 310 g/mol. The zero-order chi connectivity index (χ0) is 15.6. The van der Waals surface area contributed by atoms with Crippen molar-refractivity contribution in [3.63, 3.8) is 0 Å². The van der Waals surface area contributed by atoms with Gasteiger partial charge in [-0.15, -0.1) is 0 Å². The van der Waals surface area contributed by atoms with Crippen molar-refractivity contribution in [3.8, 4) is 11.1 Å². The van der Waals surface area contributed by atoms with Gasteiger partial charge in [0.15, 0.2) is 5.82 Å². The van der Waals surface area contributed by atoms with Crippen LogP contribution in [-0.2, 0) is 6.54 Å². The van der Waals surface area contributed by atoms with Crippen molar-refractivity contribution >= 4 is 28.3 Å². The maximum Gasteiger partial charge on any atom is 0.156 e. The van der Waals surface area contributed by atoms with Gasteiger partial charge >= 0.3 is 0 Å². The first-order chi connectivity index (χ1) is 11.3. The van der Waals surface area contributed by atoms with Gasteiger partial charge in [-0.1, -0.05) is 41.9 Å². The van der Waals surface area contributed by atoms with Gasteiger partial charge in [-0.2, -0.15) is 5.10 Å². The predicted molar refractivity (Wildman–Crippen MR) is 92.5 cm³/mol. The molecular formula is C17H14ClN5. The van der Waals surface area contributed by atoms with Gasteiger partial charge in [-0.25, -0.2) is 4.98 Å². The Morgan fingerprint density at radius 2 is 2.00 bits per heavy atom. The molecule has 0 aliphatic heterocycles. The van der Waals surface area contributed by atoms with Crippen LogP contribution in [0.4, 0.5) is 5.82 Å². The maximum absolute atomic E-state index is 6.42. The van der Waals surface area contributed by atoms with Gasteiger partial charge in [0.1, 0.15) is 0 Å². The van der Waals surface area contributed by atoms with Crippen molar-refractivity contribution in [2.75, 3.05) is 5.32 Å². The summed E-state index contributed by atoms with van der Waals surface area (Å²) in [6.07, 6.45) is 3.51. The van der Waals surface area contributed by atoms with Crippen LogP contribution in [0.15, 0.2) is 55.0 Å². The van der Waals surface area contributed by atoms with Crippen LogP contribution in [0.25, 0.3) is 22.0 Å². The Balaban J connectivity index is 1.72. The van der Waals surface area contributed by atoms with E-state index in [1.165, 1.54) is 0 Å². The van der Waals surface area contributed by atoms with Gasteiger partial charge in [0, 0.05) is 17.1 Å². The van der Waals surface area contributed by atoms with E-state index in [-0.39, 0.29) is 0 Å². The first-order valence-electron chi connectivity index (χ1n) is 7.26. The molecule has 0 bridgehead atoms. The Morgan fingerprint density at radius 3 is 2.78 bits per heavy atom. The minimum Gasteiger partial charge on any atom is -0.362 e. The highest BCUT2D eigenvalue weighted by atomic mass is 35.5. The van der Waals surface area contributed by atoms with Gasteiger partial charge in [0.05, 0.1) is 29.1 Å². The third-order valence-corrected chi connectivity index (χ3v) is 4.04. The van der Waals surface area contributed by atoms with E-state index in [0.717, 1.165) is 33.5 Å². The molecule has 3 N–H and O–H groups in total. The number of nitrogens with one attached hydrogen (secondary N) is 3. The molecule has 0 saturated carbocycles. The van der Waals surface area contributed by atoms with Crippen molar-refractivity contribution in [2.24, 2.45) is 0 Å². The second-order valence-corrected chi connectivity index (χ2v) is 5.64. The second kappa shape index (κ2) is 5.78. The highest BCUT2D eigenvalue weighted by molar-refractivity contribution is 6.34. The third kappa shape index (κ3) is 2.66. The lowest BCUT2D eigenvalue weighted by atomic mass is 10.0. The Kier molecular flexibility index (Phi) is 3.48. The minimum absolute atomic E-state index is 0.604. The first-order valence-corrected chi connectivity index (χ1v) is 7.63. The van der Waals surface area contributed by atoms with Crippen molar-refractivity contribution in [2.45, 2.75) is 6.54 Å². The number of hydrogen-bond acceptors (Lipinski definition) is 3. The molecule has 4 aromatic rings. The molecule has 0 unspecified atom stereocenters. The zero-order valence-corrected chi connectivity index (χ0v) is 12.9. The molecule has 2 heterocycles. The van der Waals surface area contributed by atoms with Crippen molar-refractivity contribution < 1.29 is 0 Å². The highest BCUT2D eigenvalue weighted by Gasteiger charge is 2.11. The SMILES string of the molecule is Clc1cc2[nH]nc(NCc3c[nH]cn3)c2cc1-c1ccccc1. The monoisotopic (exact) mass is 323 g/mol. The van der Waals surface area contributed by atoms with E-state index in [4.69, 9.17) is 11.6 Å². The average molecular weight is 324 g/mol. The van der Waals surface area contributed by atoms with Crippen molar-refractivity contribution in [3.05, 3.63) is 65.7 Å². The molecule has 6 heteroatoms. The van der Waals surface area contributed by atoms with E-state index in [1.807, 2.05) is 42.6 Å². The van der Waals surface area contributed by atoms with Crippen LogP contribution in [0.3, 0.4) is 0 Å². The summed E-state index contributed by atoms with van der Waals surface area (Å²) in [6, 6.07) is 14.1. The van der Waals surface area contributed by atoms with Gasteiger partial charge < -0.3 is 10.3 Å². The molecule has 0 aliphatic rings. The van der Waals surface area contributed by atoms with E-state index in [2.05, 4.69) is 31.5 Å². The lowest BCUT2D eigenvalue weighted by Gasteiger charge is -2.06. The quantitative estimate of drug-likeness (QED) is 0.526. The summed E-state index contributed by atoms with van der Waals surface area (Å²) in [7, 11) is 0. The molecule has 23 heavy (non-hydrogen) atoms. The number of halogens is 1. The molecule has 0 atom stereocenters. The Morgan fingerprint density at radius 1 is 1.13 bits per heavy atom. The van der Waals surface area contributed by atoms with E-state index < -0.39 is 0 Å². The van der Waals surface area contributed by atoms with Crippen LogP contribution < -0.4 is 5.32 Å². The van der Waals surface area contributed by atoms with E-state index in [0.29, 0.717) is 11.6 Å². The normalized spacial score (nSPS) is 11.0. The van der Waals surface area contributed by atoms with E-state index >= 15 is 0 Å². The largest absolute Gasteiger partial charge is 0.362 e. The van der Waals surface area contributed by atoms with Crippen LogP contribution >= 0.6 is 11.6 Å². The molecule has 0 radical (unpaired) electrons. The number of imidazole rings is 1. The fourth-order valence-corrected chi connectivity index (χ4v) is 2.85. The fourth-order valence-electron chi connectivity index (χ4n) is 2.57. The van der Waals surface area contributed by atoms with Crippen LogP contribution in [0, 0.1) is 0 Å². The predicted octanol–water partition coefficient (Wildman–Crippen LogP) is 4.22. The maximum atomic E-state index is 6.42. The number of aromatic nitrogens is 4. The van der Waals surface area contributed by atoms with Gasteiger partial charge in [-0.05, 0) is 17.7 Å². The van der Waals surface area contributed by atoms with Crippen LogP contribution in [0.5, 0.6) is 0 Å². The number of hydrogen-bond donors (Lipinski definition) is 3. The van der Waals surface area contributed by atoms with Crippen LogP contribution in [0.2, 0.25) is 5.02 Å². The molecule has 114 valence electrons. The molecule has 0 saturated heterocycles. The summed E-state index contributed by atoms with van der Waals surface area (Å²) in [5.74, 6) is 0.789. The average Bonchev–Trinajstić information content (AvgIpc) is 3.22. The number of H-pyrrole nitrogens is 2. The minimum atomic E-state index is 0.604. The number of benzene rings is 2. The summed E-state index contributed by atoms with van der Waals surface area (Å²) in [4.78, 5) is 7.14. The summed E-state index contributed by atoms with van der Waals surface area (Å²) in [6.45, 7) is 0.604. The lowest BCUT2D eigenvalue weighted by Crippen LogP contribution is -2.00. The molecule has 4 rings (SSSR count). The van der Waals surface area contributed by atoms with Gasteiger partial charge in [0.25, 0.3) is 0 Å². The molecule has 2 aromatic carbocycles. The zero-order valence-electron chi connectivity index (χ0n) is 12.2. The van der Waals surface area contributed by atoms with Crippen LogP contribution in [-0.4, -0.2) is 20.2 Å². The molecule has 0 spiro atoms. The lowest BCUT2D eigenvalue weighted by molar-refractivity contribution is 1.03. The van der Waals surface area contributed by atoms with Gasteiger partial charge in [-0.3, -0.25) is 5.10 Å². The summed E-state index contributed by atoms with van der Waals surface area (Å²) < 4.78 is 0. The summed E-state index contributed by atoms with van der Waals surface area (Å²) in [5, 5.41) is 12.4. The number of aromatic amines is 2. The molecule has 0 amide bonds. The summed E-state index contributed by atoms with van der Waals surface area (Å²) >= 11 is 6.42. The first kappa shape index (κ1) is 13.8. The number of rotatable bonds is 4. The smallest absolute Gasteiger partial charge is 0.156 e. The Bertz CT molecular complexity index is 928. The molecule has 5 nitrogen and oxygen atoms in total. The van der Waals surface area contributed by atoms with Crippen LogP contribution in [0.1, 0.15) is 5.69 Å². The topological polar surface area (TPSA) is 69.4 Å². The standard InChI is InChI=1S/C17H14ClN5/c18-15-7-16-14(6-13(15)11-4-2-1-3-5-11)17(23-22-16)20-9-12-8-19-10-21-12/h1-8,10H,9H2,(H,19,21)(H2,20,22,23). The van der Waals surface area contributed by atoms with Crippen molar-refractivity contribution in [1.29, 1.82) is 0 Å². The number of fused-ring (bicyclic) bond motifs is 1. The molecule has 0 aliphatic carbocycles.